The SMILES string of the molecule is CC(C)Cc1onc(-c2c(Cl)cccc2Cl)c1C(=O)O. The van der Waals surface area contributed by atoms with Gasteiger partial charge in [0.1, 0.15) is 11.3 Å². The second-order valence-electron chi connectivity index (χ2n) is 4.83. The Morgan fingerprint density at radius 3 is 2.45 bits per heavy atom. The van der Waals surface area contributed by atoms with Gasteiger partial charge in [0.2, 0.25) is 0 Å². The van der Waals surface area contributed by atoms with Crippen molar-refractivity contribution in [1.29, 1.82) is 0 Å². The minimum absolute atomic E-state index is 0.0219. The zero-order valence-corrected chi connectivity index (χ0v) is 12.5. The van der Waals surface area contributed by atoms with Crippen molar-refractivity contribution in [2.75, 3.05) is 0 Å². The molecule has 0 bridgehead atoms. The first-order chi connectivity index (χ1) is 9.41. The van der Waals surface area contributed by atoms with E-state index in [0.717, 1.165) is 0 Å². The van der Waals surface area contributed by atoms with Gasteiger partial charge < -0.3 is 9.63 Å². The number of aromatic carboxylic acids is 1. The normalized spacial score (nSPS) is 11.1. The molecule has 6 heteroatoms. The third-order valence-electron chi connectivity index (χ3n) is 2.77. The van der Waals surface area contributed by atoms with Gasteiger partial charge in [-0.3, -0.25) is 0 Å². The zero-order valence-electron chi connectivity index (χ0n) is 11.0. The van der Waals surface area contributed by atoms with E-state index in [9.17, 15) is 9.90 Å². The van der Waals surface area contributed by atoms with Gasteiger partial charge in [0.15, 0.2) is 5.76 Å². The molecule has 1 N–H and O–H groups in total. The van der Waals surface area contributed by atoms with Crippen molar-refractivity contribution in [1.82, 2.24) is 5.16 Å². The van der Waals surface area contributed by atoms with Gasteiger partial charge in [0.05, 0.1) is 10.0 Å². The molecular formula is C14H13Cl2NO3. The molecule has 0 aliphatic rings. The van der Waals surface area contributed by atoms with E-state index in [1.165, 1.54) is 0 Å². The Bertz CT molecular complexity index is 630. The number of carboxylic acid groups (broad SMARTS) is 1. The van der Waals surface area contributed by atoms with Crippen LogP contribution in [-0.4, -0.2) is 16.2 Å². The van der Waals surface area contributed by atoms with E-state index in [1.807, 2.05) is 13.8 Å². The molecule has 2 rings (SSSR count). The highest BCUT2D eigenvalue weighted by Crippen LogP contribution is 2.37. The maximum absolute atomic E-state index is 11.5. The van der Waals surface area contributed by atoms with Crippen molar-refractivity contribution < 1.29 is 14.4 Å². The molecule has 0 unspecified atom stereocenters. The van der Waals surface area contributed by atoms with Crippen LogP contribution in [0.15, 0.2) is 22.7 Å². The highest BCUT2D eigenvalue weighted by molar-refractivity contribution is 6.39. The van der Waals surface area contributed by atoms with Crippen molar-refractivity contribution >= 4 is 29.2 Å². The molecule has 20 heavy (non-hydrogen) atoms. The van der Waals surface area contributed by atoms with Gasteiger partial charge in [-0.25, -0.2) is 4.79 Å². The topological polar surface area (TPSA) is 63.3 Å². The van der Waals surface area contributed by atoms with E-state index in [1.54, 1.807) is 18.2 Å². The molecule has 0 radical (unpaired) electrons. The van der Waals surface area contributed by atoms with Gasteiger partial charge in [0.25, 0.3) is 0 Å². The van der Waals surface area contributed by atoms with Crippen molar-refractivity contribution in [3.63, 3.8) is 0 Å². The van der Waals surface area contributed by atoms with Crippen molar-refractivity contribution in [2.45, 2.75) is 20.3 Å². The molecule has 1 aromatic carbocycles. The standard InChI is InChI=1S/C14H13Cl2NO3/c1-7(2)6-10-12(14(18)19)13(17-20-10)11-8(15)4-3-5-9(11)16/h3-5,7H,6H2,1-2H3,(H,18,19). The van der Waals surface area contributed by atoms with E-state index in [-0.39, 0.29) is 17.2 Å². The first kappa shape index (κ1) is 14.9. The summed E-state index contributed by atoms with van der Waals surface area (Å²) in [7, 11) is 0. The number of aromatic nitrogens is 1. The minimum Gasteiger partial charge on any atom is -0.477 e. The second kappa shape index (κ2) is 5.85. The van der Waals surface area contributed by atoms with Crippen LogP contribution in [0.5, 0.6) is 0 Å². The predicted octanol–water partition coefficient (Wildman–Crippen LogP) is 4.55. The van der Waals surface area contributed by atoms with Gasteiger partial charge in [-0.1, -0.05) is 48.3 Å². The largest absolute Gasteiger partial charge is 0.477 e. The lowest BCUT2D eigenvalue weighted by molar-refractivity contribution is 0.0695. The van der Waals surface area contributed by atoms with Gasteiger partial charge >= 0.3 is 5.97 Å². The average molecular weight is 314 g/mol. The van der Waals surface area contributed by atoms with Crippen LogP contribution in [0, 0.1) is 5.92 Å². The molecule has 0 aliphatic carbocycles. The van der Waals surface area contributed by atoms with Gasteiger partial charge in [-0.2, -0.15) is 0 Å². The number of nitrogens with zero attached hydrogens (tertiary/aromatic N) is 1. The van der Waals surface area contributed by atoms with Crippen LogP contribution in [0.1, 0.15) is 30.0 Å². The molecule has 0 amide bonds. The number of carbonyl (C=O) groups is 1. The van der Waals surface area contributed by atoms with Gasteiger partial charge in [-0.05, 0) is 18.1 Å². The number of rotatable bonds is 4. The Labute approximate surface area is 126 Å². The lowest BCUT2D eigenvalue weighted by Gasteiger charge is -2.05. The molecule has 0 fully saturated rings. The van der Waals surface area contributed by atoms with Crippen LogP contribution in [-0.2, 0) is 6.42 Å². The smallest absolute Gasteiger partial charge is 0.341 e. The summed E-state index contributed by atoms with van der Waals surface area (Å²) < 4.78 is 5.18. The van der Waals surface area contributed by atoms with E-state index >= 15 is 0 Å². The van der Waals surface area contributed by atoms with Gasteiger partial charge in [-0.15, -0.1) is 0 Å². The van der Waals surface area contributed by atoms with Crippen LogP contribution >= 0.6 is 23.2 Å². The highest BCUT2D eigenvalue weighted by Gasteiger charge is 2.26. The Morgan fingerprint density at radius 2 is 1.95 bits per heavy atom. The average Bonchev–Trinajstić information content (AvgIpc) is 2.71. The fourth-order valence-corrected chi connectivity index (χ4v) is 2.53. The molecule has 106 valence electrons. The summed E-state index contributed by atoms with van der Waals surface area (Å²) >= 11 is 12.2. The molecule has 1 heterocycles. The number of hydrogen-bond acceptors (Lipinski definition) is 3. The van der Waals surface area contributed by atoms with Crippen LogP contribution in [0.25, 0.3) is 11.3 Å². The lowest BCUT2D eigenvalue weighted by Crippen LogP contribution is -2.04. The van der Waals surface area contributed by atoms with E-state index < -0.39 is 5.97 Å². The summed E-state index contributed by atoms with van der Waals surface area (Å²) in [6, 6.07) is 4.94. The van der Waals surface area contributed by atoms with Crippen LogP contribution < -0.4 is 0 Å². The number of benzene rings is 1. The summed E-state index contributed by atoms with van der Waals surface area (Å²) in [6.45, 7) is 3.94. The third kappa shape index (κ3) is 2.81. The Hall–Kier alpha value is -1.52. The Morgan fingerprint density at radius 1 is 1.35 bits per heavy atom. The first-order valence-electron chi connectivity index (χ1n) is 6.08. The fourth-order valence-electron chi connectivity index (χ4n) is 1.95. The van der Waals surface area contributed by atoms with E-state index in [4.69, 9.17) is 27.7 Å². The molecule has 0 aliphatic heterocycles. The van der Waals surface area contributed by atoms with Crippen molar-refractivity contribution in [2.24, 2.45) is 5.92 Å². The van der Waals surface area contributed by atoms with Crippen molar-refractivity contribution in [3.05, 3.63) is 39.6 Å². The van der Waals surface area contributed by atoms with E-state index in [2.05, 4.69) is 5.16 Å². The summed E-state index contributed by atoms with van der Waals surface area (Å²) in [4.78, 5) is 11.5. The van der Waals surface area contributed by atoms with Crippen molar-refractivity contribution in [3.8, 4) is 11.3 Å². The van der Waals surface area contributed by atoms with Crippen LogP contribution in [0.2, 0.25) is 10.0 Å². The van der Waals surface area contributed by atoms with Crippen LogP contribution in [0.3, 0.4) is 0 Å². The molecule has 1 aromatic heterocycles. The summed E-state index contributed by atoms with van der Waals surface area (Å²) in [5.41, 5.74) is 0.574. The minimum atomic E-state index is -1.10. The fraction of sp³-hybridized carbons (Fsp3) is 0.286. The summed E-state index contributed by atoms with van der Waals surface area (Å²) in [5, 5.41) is 13.9. The monoisotopic (exact) mass is 313 g/mol. The molecule has 4 nitrogen and oxygen atoms in total. The Kier molecular flexibility index (Phi) is 4.35. The summed E-state index contributed by atoms with van der Waals surface area (Å²) in [5.74, 6) is -0.526. The van der Waals surface area contributed by atoms with E-state index in [0.29, 0.717) is 27.8 Å². The predicted molar refractivity (Wildman–Crippen MR) is 77.5 cm³/mol. The number of hydrogen-bond donors (Lipinski definition) is 1. The maximum atomic E-state index is 11.5. The Balaban J connectivity index is 2.63. The molecule has 0 saturated heterocycles. The second-order valence-corrected chi connectivity index (χ2v) is 5.64. The number of halogens is 2. The maximum Gasteiger partial charge on any atom is 0.341 e. The quantitative estimate of drug-likeness (QED) is 0.899. The third-order valence-corrected chi connectivity index (χ3v) is 3.40. The van der Waals surface area contributed by atoms with Crippen LogP contribution in [0.4, 0.5) is 0 Å². The summed E-state index contributed by atoms with van der Waals surface area (Å²) in [6.07, 6.45) is 0.483. The number of carboxylic acids is 1. The molecule has 0 spiro atoms. The molecule has 2 aromatic rings. The molecule has 0 atom stereocenters. The first-order valence-corrected chi connectivity index (χ1v) is 6.83. The zero-order chi connectivity index (χ0) is 14.9. The molecule has 0 saturated carbocycles. The molecular weight excluding hydrogens is 301 g/mol. The lowest BCUT2D eigenvalue weighted by atomic mass is 10.0. The van der Waals surface area contributed by atoms with Gasteiger partial charge in [0, 0.05) is 12.0 Å². The highest BCUT2D eigenvalue weighted by atomic mass is 35.5.